The molecule has 0 radical (unpaired) electrons. The van der Waals surface area contributed by atoms with E-state index in [1.807, 2.05) is 0 Å². The molecule has 0 saturated carbocycles. The standard InChI is InChI=1S/C18H16Si.Li.H/c1-3-7-15-13(5-1)9-11-17(15)19-18-12-10-14-6-2-4-8-16(14)18;;/h1-12,17-18H,19H2;;. The van der Waals surface area contributed by atoms with Gasteiger partial charge in [0.2, 0.25) is 0 Å². The molecule has 4 rings (SSSR count). The summed E-state index contributed by atoms with van der Waals surface area (Å²) >= 11 is 0. The van der Waals surface area contributed by atoms with E-state index in [1.165, 1.54) is 11.1 Å². The van der Waals surface area contributed by atoms with Gasteiger partial charge in [0.25, 0.3) is 0 Å². The third-order valence-electron chi connectivity index (χ3n) is 4.32. The van der Waals surface area contributed by atoms with Gasteiger partial charge in [-0.05, 0) is 33.3 Å². The van der Waals surface area contributed by atoms with Crippen molar-refractivity contribution in [3.8, 4) is 0 Å². The van der Waals surface area contributed by atoms with E-state index < -0.39 is 0 Å². The fraction of sp³-hybridized carbons (Fsp3) is 0.111. The first-order chi connectivity index (χ1) is 9.42. The van der Waals surface area contributed by atoms with Crippen LogP contribution in [0.25, 0.3) is 12.2 Å². The third-order valence-corrected chi connectivity index (χ3v) is 6.75. The molecule has 0 N–H and O–H groups in total. The van der Waals surface area contributed by atoms with Crippen molar-refractivity contribution in [2.24, 2.45) is 0 Å². The van der Waals surface area contributed by atoms with Crippen LogP contribution in [-0.2, 0) is 0 Å². The predicted molar refractivity (Wildman–Crippen MR) is 92.1 cm³/mol. The van der Waals surface area contributed by atoms with Gasteiger partial charge in [-0.2, -0.15) is 0 Å². The average molecular weight is 268 g/mol. The molecule has 0 heterocycles. The van der Waals surface area contributed by atoms with E-state index in [2.05, 4.69) is 72.8 Å². The monoisotopic (exact) mass is 268 g/mol. The minimum absolute atomic E-state index is 0. The summed E-state index contributed by atoms with van der Waals surface area (Å²) in [7, 11) is -0.227. The molecule has 2 unspecified atom stereocenters. The van der Waals surface area contributed by atoms with Crippen LogP contribution in [0.15, 0.2) is 60.7 Å². The van der Waals surface area contributed by atoms with Crippen molar-refractivity contribution in [2.45, 2.75) is 11.1 Å². The predicted octanol–water partition coefficient (Wildman–Crippen LogP) is 3.04. The number of benzene rings is 2. The molecule has 2 aliphatic rings. The topological polar surface area (TPSA) is 0 Å². The Hall–Kier alpha value is -1.27. The van der Waals surface area contributed by atoms with Crippen LogP contribution in [0.1, 0.15) is 33.3 Å². The number of allylic oxidation sites excluding steroid dienone is 2. The Kier molecular flexibility index (Phi) is 3.85. The second-order valence-electron chi connectivity index (χ2n) is 5.42. The zero-order chi connectivity index (χ0) is 12.7. The molecule has 2 heteroatoms. The molecule has 20 heavy (non-hydrogen) atoms. The number of rotatable bonds is 2. The minimum atomic E-state index is -0.227. The van der Waals surface area contributed by atoms with Gasteiger partial charge in [0.05, 0.1) is 0 Å². The Balaban J connectivity index is 0.00000121. The van der Waals surface area contributed by atoms with Crippen LogP contribution in [0.2, 0.25) is 0 Å². The third kappa shape index (κ3) is 2.27. The van der Waals surface area contributed by atoms with Crippen molar-refractivity contribution in [1.29, 1.82) is 0 Å². The van der Waals surface area contributed by atoms with E-state index in [9.17, 15) is 0 Å². The molecule has 0 nitrogen and oxygen atoms in total. The van der Waals surface area contributed by atoms with Gasteiger partial charge in [-0.15, -0.1) is 0 Å². The second kappa shape index (κ2) is 5.62. The fourth-order valence-corrected chi connectivity index (χ4v) is 5.72. The van der Waals surface area contributed by atoms with Crippen LogP contribution in [0.5, 0.6) is 0 Å². The molecule has 2 aliphatic carbocycles. The summed E-state index contributed by atoms with van der Waals surface area (Å²) in [6.07, 6.45) is 9.45. The molecule has 0 bridgehead atoms. The van der Waals surface area contributed by atoms with Gasteiger partial charge in [-0.1, -0.05) is 72.8 Å². The van der Waals surface area contributed by atoms with Gasteiger partial charge in [0, 0.05) is 9.52 Å². The van der Waals surface area contributed by atoms with E-state index in [-0.39, 0.29) is 28.4 Å². The fourth-order valence-electron chi connectivity index (χ4n) is 3.33. The first-order valence-electron chi connectivity index (χ1n) is 6.96. The van der Waals surface area contributed by atoms with E-state index >= 15 is 0 Å². The molecular weight excluding hydrogens is 251 g/mol. The van der Waals surface area contributed by atoms with E-state index in [1.54, 1.807) is 11.1 Å². The van der Waals surface area contributed by atoms with Gasteiger partial charge in [0.15, 0.2) is 0 Å². The summed E-state index contributed by atoms with van der Waals surface area (Å²) in [5.41, 5.74) is 7.36. The first-order valence-corrected chi connectivity index (χ1v) is 8.59. The molecule has 2 aromatic rings. The molecule has 0 aromatic heterocycles. The molecular formula is C18H17LiSi. The number of hydrogen-bond donors (Lipinski definition) is 0. The van der Waals surface area contributed by atoms with Crippen LogP contribution in [-0.4, -0.2) is 28.4 Å². The molecule has 2 atom stereocenters. The Morgan fingerprint density at radius 1 is 0.650 bits per heavy atom. The summed E-state index contributed by atoms with van der Waals surface area (Å²) < 4.78 is 0. The molecule has 2 aromatic carbocycles. The van der Waals surface area contributed by atoms with Gasteiger partial charge in [0.1, 0.15) is 0 Å². The van der Waals surface area contributed by atoms with Crippen LogP contribution in [0.3, 0.4) is 0 Å². The maximum absolute atomic E-state index is 2.42. The van der Waals surface area contributed by atoms with E-state index in [0.717, 1.165) is 0 Å². The van der Waals surface area contributed by atoms with Crippen molar-refractivity contribution < 1.29 is 0 Å². The van der Waals surface area contributed by atoms with Crippen molar-refractivity contribution >= 4 is 40.5 Å². The van der Waals surface area contributed by atoms with Gasteiger partial charge in [-0.25, -0.2) is 0 Å². The summed E-state index contributed by atoms with van der Waals surface area (Å²) in [4.78, 5) is 0. The van der Waals surface area contributed by atoms with Gasteiger partial charge < -0.3 is 0 Å². The summed E-state index contributed by atoms with van der Waals surface area (Å²) in [5, 5.41) is 0. The zero-order valence-corrected chi connectivity index (χ0v) is 12.2. The normalized spacial score (nSPS) is 22.0. The van der Waals surface area contributed by atoms with Crippen LogP contribution >= 0.6 is 0 Å². The van der Waals surface area contributed by atoms with Gasteiger partial charge >= 0.3 is 18.9 Å². The summed E-state index contributed by atoms with van der Waals surface area (Å²) in [5.74, 6) is 0. The quantitative estimate of drug-likeness (QED) is 0.734. The molecule has 94 valence electrons. The molecule has 0 spiro atoms. The van der Waals surface area contributed by atoms with Crippen molar-refractivity contribution in [1.82, 2.24) is 0 Å². The van der Waals surface area contributed by atoms with Crippen molar-refractivity contribution in [2.75, 3.05) is 0 Å². The summed E-state index contributed by atoms with van der Waals surface area (Å²) in [6, 6.07) is 17.7. The van der Waals surface area contributed by atoms with Crippen molar-refractivity contribution in [3.05, 3.63) is 82.9 Å². The van der Waals surface area contributed by atoms with Crippen LogP contribution in [0, 0.1) is 0 Å². The number of fused-ring (bicyclic) bond motifs is 2. The SMILES string of the molecule is C1=CC([SiH2]C2C=Cc3ccccc32)c2ccccc21.[LiH]. The average Bonchev–Trinajstić information content (AvgIpc) is 3.05. The second-order valence-corrected chi connectivity index (χ2v) is 7.66. The molecule has 0 fully saturated rings. The summed E-state index contributed by atoms with van der Waals surface area (Å²) in [6.45, 7) is 0. The van der Waals surface area contributed by atoms with E-state index in [0.29, 0.717) is 11.1 Å². The Morgan fingerprint density at radius 2 is 1.10 bits per heavy atom. The Morgan fingerprint density at radius 3 is 1.60 bits per heavy atom. The Labute approximate surface area is 134 Å². The number of hydrogen-bond acceptors (Lipinski definition) is 0. The van der Waals surface area contributed by atoms with Crippen molar-refractivity contribution in [3.63, 3.8) is 0 Å². The zero-order valence-electron chi connectivity index (χ0n) is 10.8. The van der Waals surface area contributed by atoms with Gasteiger partial charge in [-0.3, -0.25) is 0 Å². The molecule has 0 amide bonds. The molecule has 0 saturated heterocycles. The van der Waals surface area contributed by atoms with E-state index in [4.69, 9.17) is 0 Å². The Bertz CT molecular complexity index is 628. The van der Waals surface area contributed by atoms with Crippen LogP contribution < -0.4 is 0 Å². The van der Waals surface area contributed by atoms with Crippen LogP contribution in [0.4, 0.5) is 0 Å². The maximum atomic E-state index is 2.42. The first kappa shape index (κ1) is 13.7. The molecule has 0 aliphatic heterocycles.